The molecule has 0 atom stereocenters. The van der Waals surface area contributed by atoms with E-state index in [0.717, 1.165) is 56.4 Å². The maximum atomic E-state index is 13.0. The highest BCUT2D eigenvalue weighted by Gasteiger charge is 2.23. The van der Waals surface area contributed by atoms with E-state index in [2.05, 4.69) is 39.4 Å². The number of nitriles is 1. The predicted octanol–water partition coefficient (Wildman–Crippen LogP) is 3.99. The molecule has 8 heteroatoms. The molecule has 1 aliphatic heterocycles. The molecule has 1 fully saturated rings. The molecule has 0 bridgehead atoms. The monoisotopic (exact) mass is 439 g/mol. The Labute approximate surface area is 190 Å². The number of nitrogens with one attached hydrogen (secondary N) is 2. The first-order valence-electron chi connectivity index (χ1n) is 11.5. The van der Waals surface area contributed by atoms with E-state index < -0.39 is 0 Å². The van der Waals surface area contributed by atoms with Crippen molar-refractivity contribution in [1.82, 2.24) is 24.4 Å². The molecule has 0 radical (unpaired) electrons. The highest BCUT2D eigenvalue weighted by atomic mass is 16.1. The van der Waals surface area contributed by atoms with Gasteiger partial charge in [0, 0.05) is 53.0 Å². The summed E-state index contributed by atoms with van der Waals surface area (Å²) in [6.07, 6.45) is 6.77. The first-order valence-corrected chi connectivity index (χ1v) is 11.5. The molecule has 1 aliphatic carbocycles. The number of hydrogen-bond acceptors (Lipinski definition) is 6. The number of likely N-dealkylation sites (N-methyl/N-ethyl adjacent to an activating group) is 1. The summed E-state index contributed by atoms with van der Waals surface area (Å²) in [7, 11) is 2.14. The third kappa shape index (κ3) is 3.36. The summed E-state index contributed by atoms with van der Waals surface area (Å²) >= 11 is 0. The van der Waals surface area contributed by atoms with Gasteiger partial charge in [-0.05, 0) is 50.1 Å². The lowest BCUT2D eigenvalue weighted by Gasteiger charge is -2.22. The second-order valence-electron chi connectivity index (χ2n) is 9.21. The Bertz CT molecular complexity index is 1490. The number of rotatable bonds is 3. The molecule has 166 valence electrons. The van der Waals surface area contributed by atoms with Crippen LogP contribution in [0, 0.1) is 11.3 Å². The fourth-order valence-corrected chi connectivity index (χ4v) is 5.35. The molecule has 2 aliphatic rings. The van der Waals surface area contributed by atoms with E-state index in [9.17, 15) is 10.1 Å². The van der Waals surface area contributed by atoms with Crippen LogP contribution in [0.5, 0.6) is 0 Å². The van der Waals surface area contributed by atoms with E-state index in [1.807, 2.05) is 12.1 Å². The van der Waals surface area contributed by atoms with Gasteiger partial charge in [-0.3, -0.25) is 9.36 Å². The molecule has 33 heavy (non-hydrogen) atoms. The third-order valence-electron chi connectivity index (χ3n) is 7.01. The zero-order valence-electron chi connectivity index (χ0n) is 18.6. The minimum absolute atomic E-state index is 0.0794. The van der Waals surface area contributed by atoms with Gasteiger partial charge in [0.25, 0.3) is 5.56 Å². The minimum atomic E-state index is -0.259. The summed E-state index contributed by atoms with van der Waals surface area (Å²) in [4.78, 5) is 28.1. The molecule has 4 heterocycles. The molecule has 3 aromatic heterocycles. The third-order valence-corrected chi connectivity index (χ3v) is 7.01. The lowest BCUT2D eigenvalue weighted by atomic mass is 10.0. The van der Waals surface area contributed by atoms with Crippen LogP contribution >= 0.6 is 0 Å². The van der Waals surface area contributed by atoms with E-state index >= 15 is 0 Å². The second-order valence-corrected chi connectivity index (χ2v) is 9.21. The van der Waals surface area contributed by atoms with Gasteiger partial charge >= 0.3 is 0 Å². The highest BCUT2D eigenvalue weighted by molar-refractivity contribution is 5.88. The lowest BCUT2D eigenvalue weighted by Crippen LogP contribution is -2.26. The summed E-state index contributed by atoms with van der Waals surface area (Å²) < 4.78 is 1.71. The molecule has 6 rings (SSSR count). The van der Waals surface area contributed by atoms with Crippen LogP contribution in [0.15, 0.2) is 35.3 Å². The SMILES string of the molecule is CN1CCc2c([nH]c3cc(Nc4ncc5cc(C#N)c(=O)n(C6CCCC6)c5n4)ccc23)C1. The van der Waals surface area contributed by atoms with Crippen molar-refractivity contribution in [3.05, 3.63) is 57.6 Å². The summed E-state index contributed by atoms with van der Waals surface area (Å²) in [5.74, 6) is 0.439. The lowest BCUT2D eigenvalue weighted by molar-refractivity contribution is 0.310. The van der Waals surface area contributed by atoms with Crippen LogP contribution in [-0.4, -0.2) is 38.0 Å². The molecule has 2 N–H and O–H groups in total. The Morgan fingerprint density at radius 1 is 1.24 bits per heavy atom. The van der Waals surface area contributed by atoms with Crippen molar-refractivity contribution in [3.63, 3.8) is 0 Å². The largest absolute Gasteiger partial charge is 0.357 e. The van der Waals surface area contributed by atoms with Crippen LogP contribution in [0.1, 0.15) is 48.5 Å². The number of aromatic amines is 1. The van der Waals surface area contributed by atoms with Crippen LogP contribution < -0.4 is 10.9 Å². The zero-order valence-corrected chi connectivity index (χ0v) is 18.6. The van der Waals surface area contributed by atoms with Crippen LogP contribution in [0.25, 0.3) is 21.9 Å². The van der Waals surface area contributed by atoms with E-state index in [1.54, 1.807) is 16.8 Å². The summed E-state index contributed by atoms with van der Waals surface area (Å²) in [5.41, 5.74) is 5.15. The van der Waals surface area contributed by atoms with Crippen molar-refractivity contribution in [3.8, 4) is 6.07 Å². The normalized spacial score (nSPS) is 16.8. The maximum absolute atomic E-state index is 13.0. The second kappa shape index (κ2) is 7.71. The quantitative estimate of drug-likeness (QED) is 0.500. The van der Waals surface area contributed by atoms with Gasteiger partial charge < -0.3 is 15.2 Å². The maximum Gasteiger partial charge on any atom is 0.270 e. The number of anilines is 2. The standard InChI is InChI=1S/C25H25N7O/c1-31-9-8-20-19-7-6-17(11-21(19)29-22(20)14-31)28-25-27-13-16-10-15(12-26)24(33)32(23(16)30-25)18-4-2-3-5-18/h6-7,10-11,13,18,29H,2-5,8-9,14H2,1H3,(H,27,28,30). The molecule has 0 unspecified atom stereocenters. The molecule has 0 spiro atoms. The van der Waals surface area contributed by atoms with Gasteiger partial charge in [0.1, 0.15) is 17.3 Å². The fraction of sp³-hybridized carbons (Fsp3) is 0.360. The molecule has 1 saturated carbocycles. The Hall–Kier alpha value is -3.70. The van der Waals surface area contributed by atoms with E-state index in [4.69, 9.17) is 4.98 Å². The minimum Gasteiger partial charge on any atom is -0.357 e. The average Bonchev–Trinajstić information content (AvgIpc) is 3.46. The van der Waals surface area contributed by atoms with Gasteiger partial charge in [-0.1, -0.05) is 18.9 Å². The fourth-order valence-electron chi connectivity index (χ4n) is 5.35. The van der Waals surface area contributed by atoms with Gasteiger partial charge in [0.2, 0.25) is 5.95 Å². The number of benzene rings is 1. The van der Waals surface area contributed by atoms with Gasteiger partial charge in [-0.25, -0.2) is 4.98 Å². The predicted molar refractivity (Wildman–Crippen MR) is 128 cm³/mol. The molecular weight excluding hydrogens is 414 g/mol. The van der Waals surface area contributed by atoms with E-state index in [0.29, 0.717) is 17.0 Å². The van der Waals surface area contributed by atoms with Gasteiger partial charge in [0.05, 0.1) is 0 Å². The Morgan fingerprint density at radius 2 is 2.09 bits per heavy atom. The molecule has 1 aromatic carbocycles. The van der Waals surface area contributed by atoms with Crippen molar-refractivity contribution in [2.45, 2.75) is 44.7 Å². The average molecular weight is 440 g/mol. The van der Waals surface area contributed by atoms with Crippen LogP contribution in [0.4, 0.5) is 11.6 Å². The number of pyridine rings is 1. The number of nitrogens with zero attached hydrogens (tertiary/aromatic N) is 5. The van der Waals surface area contributed by atoms with Crippen LogP contribution in [0.3, 0.4) is 0 Å². The molecule has 4 aromatic rings. The summed E-state index contributed by atoms with van der Waals surface area (Å²) in [6.45, 7) is 2.00. The Balaban J connectivity index is 1.39. The Kier molecular flexibility index (Phi) is 4.66. The molecular formula is C25H25N7O. The number of H-pyrrole nitrogens is 1. The number of fused-ring (bicyclic) bond motifs is 4. The van der Waals surface area contributed by atoms with Gasteiger partial charge in [-0.2, -0.15) is 10.2 Å². The van der Waals surface area contributed by atoms with Gasteiger partial charge in [0.15, 0.2) is 0 Å². The first-order chi connectivity index (χ1) is 16.1. The first kappa shape index (κ1) is 19.9. The van der Waals surface area contributed by atoms with Crippen molar-refractivity contribution in [1.29, 1.82) is 5.26 Å². The summed E-state index contributed by atoms with van der Waals surface area (Å²) in [5, 5.41) is 14.7. The van der Waals surface area contributed by atoms with Crippen molar-refractivity contribution < 1.29 is 0 Å². The Morgan fingerprint density at radius 3 is 2.91 bits per heavy atom. The molecule has 8 nitrogen and oxygen atoms in total. The topological polar surface area (TPSA) is 103 Å². The van der Waals surface area contributed by atoms with E-state index in [-0.39, 0.29) is 17.2 Å². The van der Waals surface area contributed by atoms with Crippen molar-refractivity contribution >= 4 is 33.6 Å². The van der Waals surface area contributed by atoms with E-state index in [1.165, 1.54) is 16.6 Å². The zero-order chi connectivity index (χ0) is 22.5. The molecule has 0 amide bonds. The summed E-state index contributed by atoms with van der Waals surface area (Å²) in [6, 6.07) is 9.99. The van der Waals surface area contributed by atoms with Crippen LogP contribution in [-0.2, 0) is 13.0 Å². The smallest absolute Gasteiger partial charge is 0.270 e. The highest BCUT2D eigenvalue weighted by Crippen LogP contribution is 2.32. The van der Waals surface area contributed by atoms with Crippen molar-refractivity contribution in [2.24, 2.45) is 0 Å². The van der Waals surface area contributed by atoms with Gasteiger partial charge in [-0.15, -0.1) is 0 Å². The van der Waals surface area contributed by atoms with Crippen LogP contribution in [0.2, 0.25) is 0 Å². The van der Waals surface area contributed by atoms with Crippen molar-refractivity contribution in [2.75, 3.05) is 18.9 Å². The molecule has 0 saturated heterocycles. The number of aromatic nitrogens is 4. The number of hydrogen-bond donors (Lipinski definition) is 2.